The molecule has 0 heterocycles. The van der Waals surface area contributed by atoms with Crippen LogP contribution < -0.4 is 0 Å². The van der Waals surface area contributed by atoms with Gasteiger partial charge in [-0.2, -0.15) is 0 Å². The number of rotatable bonds is 0. The van der Waals surface area contributed by atoms with Crippen LogP contribution in [0.5, 0.6) is 0 Å². The molecule has 13 heavy (non-hydrogen) atoms. The van der Waals surface area contributed by atoms with E-state index >= 15 is 0 Å². The van der Waals surface area contributed by atoms with Gasteiger partial charge in [0.25, 0.3) is 0 Å². The molecule has 0 radical (unpaired) electrons. The molecule has 0 aliphatic rings. The van der Waals surface area contributed by atoms with Gasteiger partial charge in [0.15, 0.2) is 0 Å². The molecule has 0 aliphatic carbocycles. The molecular weight excluding hydrogens is 156 g/mol. The maximum Gasteiger partial charge on any atom is 0.0194 e. The van der Waals surface area contributed by atoms with Gasteiger partial charge < -0.3 is 0 Å². The van der Waals surface area contributed by atoms with E-state index in [4.69, 9.17) is 1.37 Å². The Labute approximate surface area is 86.4 Å². The first-order chi connectivity index (χ1) is 6.83. The highest BCUT2D eigenvalue weighted by atomic mass is 13.6. The molecule has 0 N–H and O–H groups in total. The molecule has 0 aliphatic heterocycles. The average molecular weight is 184 g/mol. The van der Waals surface area contributed by atoms with Crippen LogP contribution in [0.15, 0.2) is 36.4 Å². The maximum absolute atomic E-state index is 5.75. The highest BCUT2D eigenvalue weighted by molar-refractivity contribution is 4.99. The normalized spacial score (nSPS) is 7.00. The number of hydrogen-bond acceptors (Lipinski definition) is 0. The molecule has 0 heteroatoms. The summed E-state index contributed by atoms with van der Waals surface area (Å²) in [4.78, 5) is 0. The lowest BCUT2D eigenvalue weighted by molar-refractivity contribution is 1.09. The molecule has 1 rings (SSSR count). The van der Waals surface area contributed by atoms with Gasteiger partial charge >= 0.3 is 0 Å². The molecular formula is C13H26. The average Bonchev–Trinajstić information content (AvgIpc) is 2.26. The van der Waals surface area contributed by atoms with Crippen molar-refractivity contribution in [3.8, 4) is 0 Å². The summed E-state index contributed by atoms with van der Waals surface area (Å²) in [5.41, 5.74) is 0. The molecule has 0 spiro atoms. The standard InChI is InChI=1S/C6H6.2C3H8.CH4/c1-2-4-6-5-3-1;2*1-3-2;/h1-6H;2*3H2,1-2H3;1H4/i;;;1T. The van der Waals surface area contributed by atoms with Gasteiger partial charge in [0, 0.05) is 1.37 Å². The second-order valence-corrected chi connectivity index (χ2v) is 2.57. The predicted octanol–water partition coefficient (Wildman–Crippen LogP) is 5.16. The van der Waals surface area contributed by atoms with Crippen molar-refractivity contribution in [1.82, 2.24) is 0 Å². The molecule has 0 nitrogen and oxygen atoms in total. The van der Waals surface area contributed by atoms with Gasteiger partial charge in [-0.25, -0.2) is 0 Å². The van der Waals surface area contributed by atoms with E-state index < -0.39 is 0 Å². The van der Waals surface area contributed by atoms with Crippen LogP contribution in [0.3, 0.4) is 0 Å². The van der Waals surface area contributed by atoms with Crippen LogP contribution in [-0.2, 0) is 0 Å². The van der Waals surface area contributed by atoms with E-state index in [2.05, 4.69) is 27.7 Å². The predicted molar refractivity (Wildman–Crippen MR) is 65.1 cm³/mol. The van der Waals surface area contributed by atoms with Gasteiger partial charge in [0.2, 0.25) is 0 Å². The quantitative estimate of drug-likeness (QED) is 0.522. The Morgan fingerprint density at radius 2 is 0.769 bits per heavy atom. The Hall–Kier alpha value is -0.780. The van der Waals surface area contributed by atoms with E-state index in [1.54, 1.807) is 0 Å². The van der Waals surface area contributed by atoms with E-state index in [9.17, 15) is 0 Å². The lowest BCUT2D eigenvalue weighted by atomic mass is 10.4. The summed E-state index contributed by atoms with van der Waals surface area (Å²) in [5.74, 6) is 0. The van der Waals surface area contributed by atoms with Crippen LogP contribution >= 0.6 is 0 Å². The van der Waals surface area contributed by atoms with Gasteiger partial charge in [-0.05, 0) is 0 Å². The molecule has 0 atom stereocenters. The van der Waals surface area contributed by atoms with Crippen molar-refractivity contribution in [2.75, 3.05) is 0 Å². The first-order valence-corrected chi connectivity index (χ1v) is 4.83. The van der Waals surface area contributed by atoms with E-state index in [-0.39, 0.29) is 0 Å². The molecule has 0 saturated carbocycles. The number of hydrogen-bond donors (Lipinski definition) is 0. The molecule has 0 aromatic heterocycles. The summed E-state index contributed by atoms with van der Waals surface area (Å²) in [6.07, 6.45) is 2.50. The lowest BCUT2D eigenvalue weighted by Gasteiger charge is -1.69. The molecule has 0 unspecified atom stereocenters. The third-order valence-corrected chi connectivity index (χ3v) is 0.667. The Morgan fingerprint density at radius 3 is 0.846 bits per heavy atom. The minimum atomic E-state index is 1.25. The fourth-order valence-corrected chi connectivity index (χ4v) is 0.385. The van der Waals surface area contributed by atoms with Crippen LogP contribution in [0.4, 0.5) is 0 Å². The fourth-order valence-electron chi connectivity index (χ4n) is 0.385. The van der Waals surface area contributed by atoms with Crippen molar-refractivity contribution in [2.45, 2.75) is 47.9 Å². The highest BCUT2D eigenvalue weighted by Gasteiger charge is 1.57. The van der Waals surface area contributed by atoms with Gasteiger partial charge in [0.1, 0.15) is 0 Å². The van der Waals surface area contributed by atoms with Gasteiger partial charge in [0.05, 0.1) is 0 Å². The van der Waals surface area contributed by atoms with Crippen LogP contribution in [-0.4, -0.2) is 0 Å². The summed E-state index contributed by atoms with van der Waals surface area (Å²) < 4.78 is 5.75. The van der Waals surface area contributed by atoms with Crippen LogP contribution in [0.2, 0.25) is 0 Å². The van der Waals surface area contributed by atoms with E-state index in [0.29, 0.717) is 0 Å². The van der Waals surface area contributed by atoms with Crippen molar-refractivity contribution in [3.05, 3.63) is 36.4 Å². The van der Waals surface area contributed by atoms with Gasteiger partial charge in [-0.1, -0.05) is 84.3 Å². The van der Waals surface area contributed by atoms with Crippen LogP contribution in [0, 0.1) is 0 Å². The lowest BCUT2D eigenvalue weighted by Crippen LogP contribution is -1.47. The molecule has 0 bridgehead atoms. The minimum Gasteiger partial charge on any atom is -0.0776 e. The van der Waals surface area contributed by atoms with E-state index in [0.717, 1.165) is 0 Å². The Balaban J connectivity index is -0.000000132. The van der Waals surface area contributed by atoms with E-state index in [1.165, 1.54) is 20.2 Å². The minimum absolute atomic E-state index is 1.25. The monoisotopic (exact) mass is 184 g/mol. The highest BCUT2D eigenvalue weighted by Crippen LogP contribution is 1.79. The summed E-state index contributed by atoms with van der Waals surface area (Å²) >= 11 is 0. The van der Waals surface area contributed by atoms with Gasteiger partial charge in [-0.3, -0.25) is 0 Å². The third kappa shape index (κ3) is 35.0. The van der Waals surface area contributed by atoms with Crippen LogP contribution in [0.25, 0.3) is 0 Å². The topological polar surface area (TPSA) is 0 Å². The second-order valence-electron chi connectivity index (χ2n) is 2.57. The third-order valence-electron chi connectivity index (χ3n) is 0.667. The zero-order valence-electron chi connectivity index (χ0n) is 10.9. The Kier molecular flexibility index (Phi) is 25.5. The summed E-state index contributed by atoms with van der Waals surface area (Å²) in [7, 11) is 1.25. The molecule has 0 amide bonds. The zero-order chi connectivity index (χ0) is 11.7. The maximum atomic E-state index is 5.75. The first-order valence-electron chi connectivity index (χ1n) is 5.83. The number of benzene rings is 1. The smallest absolute Gasteiger partial charge is 0.0194 e. The van der Waals surface area contributed by atoms with Crippen molar-refractivity contribution in [1.29, 1.82) is 0 Å². The second kappa shape index (κ2) is 22.5. The van der Waals surface area contributed by atoms with Gasteiger partial charge in [-0.15, -0.1) is 0 Å². The van der Waals surface area contributed by atoms with Crippen molar-refractivity contribution < 1.29 is 1.37 Å². The van der Waals surface area contributed by atoms with Crippen molar-refractivity contribution >= 4 is 0 Å². The Morgan fingerprint density at radius 1 is 0.692 bits per heavy atom. The van der Waals surface area contributed by atoms with E-state index in [1.807, 2.05) is 36.4 Å². The van der Waals surface area contributed by atoms with Crippen molar-refractivity contribution in [2.24, 2.45) is 0 Å². The molecule has 1 aromatic carbocycles. The Bertz CT molecular complexity index is 97.2. The summed E-state index contributed by atoms with van der Waals surface area (Å²) in [6.45, 7) is 8.50. The summed E-state index contributed by atoms with van der Waals surface area (Å²) in [6, 6.07) is 12.0. The first kappa shape index (κ1) is 14.7. The molecule has 78 valence electrons. The fraction of sp³-hybridized carbons (Fsp3) is 0.538. The van der Waals surface area contributed by atoms with Crippen LogP contribution in [0.1, 0.15) is 49.3 Å². The SMILES string of the molecule is CCC.CCC.[3H]C.c1ccccc1. The molecule has 0 fully saturated rings. The van der Waals surface area contributed by atoms with Crippen molar-refractivity contribution in [3.63, 3.8) is 0 Å². The molecule has 1 aromatic rings. The largest absolute Gasteiger partial charge is 0.0776 e. The molecule has 0 saturated heterocycles. The summed E-state index contributed by atoms with van der Waals surface area (Å²) in [5, 5.41) is 0. The zero-order valence-corrected chi connectivity index (χ0v) is 9.88.